The number of nitrogens with one attached hydrogen (secondary N) is 1. The Kier molecular flexibility index (Phi) is 2.49. The predicted molar refractivity (Wildman–Crippen MR) is 68.4 cm³/mol. The van der Waals surface area contributed by atoms with Crippen LogP contribution in [0.25, 0.3) is 10.9 Å². The summed E-state index contributed by atoms with van der Waals surface area (Å²) in [4.78, 5) is 14.5. The summed E-state index contributed by atoms with van der Waals surface area (Å²) in [6, 6.07) is 4.08. The molecule has 0 spiro atoms. The third-order valence-electron chi connectivity index (χ3n) is 3.46. The second-order valence-corrected chi connectivity index (χ2v) is 5.08. The molecule has 0 atom stereocenters. The predicted octanol–water partition coefficient (Wildman–Crippen LogP) is 3.15. The summed E-state index contributed by atoms with van der Waals surface area (Å²) < 4.78 is 0. The van der Waals surface area contributed by atoms with Crippen molar-refractivity contribution in [3.63, 3.8) is 0 Å². The molecule has 3 nitrogen and oxygen atoms in total. The number of fused-ring (bicyclic) bond motifs is 1. The molecule has 1 heterocycles. The van der Waals surface area contributed by atoms with Crippen molar-refractivity contribution < 1.29 is 9.90 Å². The van der Waals surface area contributed by atoms with E-state index in [-0.39, 0.29) is 0 Å². The Balaban J connectivity index is 2.81. The van der Waals surface area contributed by atoms with Gasteiger partial charge in [0, 0.05) is 17.1 Å². The third-order valence-corrected chi connectivity index (χ3v) is 3.46. The van der Waals surface area contributed by atoms with Crippen molar-refractivity contribution in [1.29, 1.82) is 0 Å². The smallest absolute Gasteiger partial charge is 0.313 e. The van der Waals surface area contributed by atoms with Crippen LogP contribution in [0.4, 0.5) is 0 Å². The number of carboxylic acids is 1. The molecule has 17 heavy (non-hydrogen) atoms. The van der Waals surface area contributed by atoms with Gasteiger partial charge in [0.15, 0.2) is 0 Å². The number of aryl methyl sites for hydroxylation is 2. The fourth-order valence-electron chi connectivity index (χ4n) is 2.17. The first-order valence-electron chi connectivity index (χ1n) is 5.67. The van der Waals surface area contributed by atoms with Crippen molar-refractivity contribution in [2.24, 2.45) is 0 Å². The SMILES string of the molecule is Cc1ccc(C)c2c(C(C)(C)C(=O)O)c[nH]c12. The van der Waals surface area contributed by atoms with E-state index >= 15 is 0 Å². The van der Waals surface area contributed by atoms with Crippen LogP contribution in [0, 0.1) is 13.8 Å². The van der Waals surface area contributed by atoms with Gasteiger partial charge in [0.2, 0.25) is 0 Å². The Hall–Kier alpha value is -1.77. The van der Waals surface area contributed by atoms with Crippen LogP contribution in [0.1, 0.15) is 30.5 Å². The van der Waals surface area contributed by atoms with E-state index in [1.54, 1.807) is 13.8 Å². The number of rotatable bonds is 2. The lowest BCUT2D eigenvalue weighted by Gasteiger charge is -2.19. The molecule has 90 valence electrons. The van der Waals surface area contributed by atoms with Crippen molar-refractivity contribution in [3.8, 4) is 0 Å². The third kappa shape index (κ3) is 1.62. The van der Waals surface area contributed by atoms with E-state index in [0.717, 1.165) is 27.6 Å². The summed E-state index contributed by atoms with van der Waals surface area (Å²) in [6.45, 7) is 7.51. The molecule has 1 aromatic heterocycles. The summed E-state index contributed by atoms with van der Waals surface area (Å²) in [5.74, 6) is -0.806. The van der Waals surface area contributed by atoms with Crippen LogP contribution in [-0.4, -0.2) is 16.1 Å². The Labute approximate surface area is 100 Å². The van der Waals surface area contributed by atoms with Crippen LogP contribution in [0.2, 0.25) is 0 Å². The maximum Gasteiger partial charge on any atom is 0.313 e. The second kappa shape index (κ2) is 3.62. The van der Waals surface area contributed by atoms with Gasteiger partial charge in [-0.1, -0.05) is 12.1 Å². The van der Waals surface area contributed by atoms with E-state index in [0.29, 0.717) is 0 Å². The first-order valence-corrected chi connectivity index (χ1v) is 5.67. The van der Waals surface area contributed by atoms with Crippen LogP contribution in [0.15, 0.2) is 18.3 Å². The highest BCUT2D eigenvalue weighted by molar-refractivity contribution is 5.94. The monoisotopic (exact) mass is 231 g/mol. The van der Waals surface area contributed by atoms with Crippen molar-refractivity contribution in [2.45, 2.75) is 33.1 Å². The molecule has 0 bridgehead atoms. The number of hydrogen-bond donors (Lipinski definition) is 2. The fraction of sp³-hybridized carbons (Fsp3) is 0.357. The molecule has 2 aromatic rings. The lowest BCUT2D eigenvalue weighted by Crippen LogP contribution is -2.28. The lowest BCUT2D eigenvalue weighted by atomic mass is 9.83. The summed E-state index contributed by atoms with van der Waals surface area (Å²) in [6.07, 6.45) is 1.82. The van der Waals surface area contributed by atoms with Crippen molar-refractivity contribution in [3.05, 3.63) is 35.0 Å². The number of aromatic amines is 1. The minimum atomic E-state index is -0.878. The van der Waals surface area contributed by atoms with Gasteiger partial charge in [0.25, 0.3) is 0 Å². The van der Waals surface area contributed by atoms with Gasteiger partial charge in [0.05, 0.1) is 5.41 Å². The Morgan fingerprint density at radius 1 is 1.24 bits per heavy atom. The maximum atomic E-state index is 11.3. The highest BCUT2D eigenvalue weighted by Crippen LogP contribution is 2.33. The molecule has 0 unspecified atom stereocenters. The van der Waals surface area contributed by atoms with Crippen molar-refractivity contribution in [2.75, 3.05) is 0 Å². The van der Waals surface area contributed by atoms with Gasteiger partial charge in [-0.25, -0.2) is 0 Å². The first-order chi connectivity index (χ1) is 7.85. The van der Waals surface area contributed by atoms with Gasteiger partial charge in [-0.2, -0.15) is 0 Å². The molecule has 0 aliphatic rings. The van der Waals surface area contributed by atoms with E-state index < -0.39 is 11.4 Å². The van der Waals surface area contributed by atoms with Crippen LogP contribution in [-0.2, 0) is 10.2 Å². The number of carbonyl (C=O) groups is 1. The van der Waals surface area contributed by atoms with Crippen LogP contribution >= 0.6 is 0 Å². The zero-order valence-electron chi connectivity index (χ0n) is 10.6. The highest BCUT2D eigenvalue weighted by Gasteiger charge is 2.32. The first kappa shape index (κ1) is 11.7. The number of H-pyrrole nitrogens is 1. The van der Waals surface area contributed by atoms with Crippen LogP contribution in [0.5, 0.6) is 0 Å². The standard InChI is InChI=1S/C14H17NO2/c1-8-5-6-9(2)12-11(8)10(7-15-12)14(3,4)13(16)17/h5-7,15H,1-4H3,(H,16,17). The van der Waals surface area contributed by atoms with E-state index in [1.165, 1.54) is 0 Å². The topological polar surface area (TPSA) is 53.1 Å². The molecular formula is C14H17NO2. The summed E-state index contributed by atoms with van der Waals surface area (Å²) in [5, 5.41) is 10.4. The van der Waals surface area contributed by atoms with Gasteiger partial charge < -0.3 is 10.1 Å². The Morgan fingerprint density at radius 2 is 1.82 bits per heavy atom. The normalized spacial score (nSPS) is 12.0. The molecule has 0 aliphatic heterocycles. The molecule has 0 saturated carbocycles. The highest BCUT2D eigenvalue weighted by atomic mass is 16.4. The fourth-order valence-corrected chi connectivity index (χ4v) is 2.17. The molecule has 0 saturated heterocycles. The average molecular weight is 231 g/mol. The molecular weight excluding hydrogens is 214 g/mol. The number of hydrogen-bond acceptors (Lipinski definition) is 1. The molecule has 0 radical (unpaired) electrons. The largest absolute Gasteiger partial charge is 0.481 e. The zero-order valence-corrected chi connectivity index (χ0v) is 10.6. The average Bonchev–Trinajstić information content (AvgIpc) is 2.69. The van der Waals surface area contributed by atoms with Gasteiger partial charge in [-0.15, -0.1) is 0 Å². The molecule has 2 N–H and O–H groups in total. The zero-order chi connectivity index (χ0) is 12.8. The molecule has 3 heteroatoms. The summed E-state index contributed by atoms with van der Waals surface area (Å²) in [7, 11) is 0. The number of aromatic nitrogens is 1. The van der Waals surface area contributed by atoms with Gasteiger partial charge in [-0.05, 0) is 44.4 Å². The van der Waals surface area contributed by atoms with Crippen molar-refractivity contribution in [1.82, 2.24) is 4.98 Å². The minimum Gasteiger partial charge on any atom is -0.481 e. The minimum absolute atomic E-state index is 0.806. The quantitative estimate of drug-likeness (QED) is 0.834. The summed E-state index contributed by atoms with van der Waals surface area (Å²) >= 11 is 0. The molecule has 0 aliphatic carbocycles. The Morgan fingerprint density at radius 3 is 2.41 bits per heavy atom. The molecule has 1 aromatic carbocycles. The second-order valence-electron chi connectivity index (χ2n) is 5.08. The molecule has 0 fully saturated rings. The number of aliphatic carboxylic acids is 1. The maximum absolute atomic E-state index is 11.3. The van der Waals surface area contributed by atoms with E-state index in [9.17, 15) is 9.90 Å². The van der Waals surface area contributed by atoms with E-state index in [4.69, 9.17) is 0 Å². The van der Waals surface area contributed by atoms with Crippen LogP contribution in [0.3, 0.4) is 0 Å². The van der Waals surface area contributed by atoms with Crippen molar-refractivity contribution >= 4 is 16.9 Å². The van der Waals surface area contributed by atoms with Gasteiger partial charge >= 0.3 is 5.97 Å². The molecule has 0 amide bonds. The number of benzene rings is 1. The number of carboxylic acid groups (broad SMARTS) is 1. The molecule has 2 rings (SSSR count). The summed E-state index contributed by atoms with van der Waals surface area (Å²) in [5.41, 5.74) is 3.25. The van der Waals surface area contributed by atoms with Crippen LogP contribution < -0.4 is 0 Å². The van der Waals surface area contributed by atoms with E-state index in [2.05, 4.69) is 4.98 Å². The van der Waals surface area contributed by atoms with Gasteiger partial charge in [0.1, 0.15) is 0 Å². The van der Waals surface area contributed by atoms with Gasteiger partial charge in [-0.3, -0.25) is 4.79 Å². The Bertz CT molecular complexity index is 594. The van der Waals surface area contributed by atoms with E-state index in [1.807, 2.05) is 32.2 Å². The lowest BCUT2D eigenvalue weighted by molar-refractivity contribution is -0.142.